The Morgan fingerprint density at radius 1 is 1.29 bits per heavy atom. The Kier molecular flexibility index (Phi) is 6.73. The van der Waals surface area contributed by atoms with E-state index < -0.39 is 0 Å². The van der Waals surface area contributed by atoms with Crippen LogP contribution in [0.5, 0.6) is 5.75 Å². The molecule has 4 rings (SSSR count). The molecule has 2 aromatic heterocycles. The Balaban J connectivity index is 1.41. The number of carbonyl (C=O) groups excluding carboxylic acids is 1. The molecule has 1 amide bonds. The number of ether oxygens (including phenoxy) is 1. The summed E-state index contributed by atoms with van der Waals surface area (Å²) in [4.78, 5) is 28.8. The van der Waals surface area contributed by atoms with Gasteiger partial charge in [0.05, 0.1) is 13.2 Å². The van der Waals surface area contributed by atoms with Crippen molar-refractivity contribution in [3.63, 3.8) is 0 Å². The highest BCUT2D eigenvalue weighted by Crippen LogP contribution is 2.28. The van der Waals surface area contributed by atoms with Crippen LogP contribution in [0.4, 0.5) is 0 Å². The average molecular weight is 441 g/mol. The number of likely N-dealkylation sites (tertiary alicyclic amines) is 1. The van der Waals surface area contributed by atoms with Crippen LogP contribution in [0.15, 0.2) is 44.9 Å². The summed E-state index contributed by atoms with van der Waals surface area (Å²) in [5, 5.41) is 6.03. The van der Waals surface area contributed by atoms with Crippen molar-refractivity contribution in [1.29, 1.82) is 0 Å². The SMILES string of the molecule is COc1ccc2c(C)c(CCC(=O)NC[C@@H](c3cccs3)N3CCCC3)c(=O)oc2c1. The Labute approximate surface area is 185 Å². The van der Waals surface area contributed by atoms with Crippen LogP contribution in [-0.4, -0.2) is 37.6 Å². The number of nitrogens with one attached hydrogen (secondary N) is 1. The second-order valence-electron chi connectivity index (χ2n) is 7.93. The smallest absolute Gasteiger partial charge is 0.339 e. The van der Waals surface area contributed by atoms with Gasteiger partial charge >= 0.3 is 5.63 Å². The number of carbonyl (C=O) groups is 1. The molecule has 7 heteroatoms. The molecule has 0 bridgehead atoms. The fraction of sp³-hybridized carbons (Fsp3) is 0.417. The van der Waals surface area contributed by atoms with Crippen molar-refractivity contribution < 1.29 is 13.9 Å². The van der Waals surface area contributed by atoms with Crippen LogP contribution < -0.4 is 15.7 Å². The highest BCUT2D eigenvalue weighted by molar-refractivity contribution is 7.10. The first-order valence-electron chi connectivity index (χ1n) is 10.7. The highest BCUT2D eigenvalue weighted by Gasteiger charge is 2.24. The predicted octanol–water partition coefficient (Wildman–Crippen LogP) is 4.06. The number of aryl methyl sites for hydroxylation is 1. The third kappa shape index (κ3) is 4.83. The maximum Gasteiger partial charge on any atom is 0.339 e. The fourth-order valence-electron chi connectivity index (χ4n) is 4.27. The molecule has 6 nitrogen and oxygen atoms in total. The van der Waals surface area contributed by atoms with Crippen LogP contribution in [0.2, 0.25) is 0 Å². The van der Waals surface area contributed by atoms with Gasteiger partial charge in [-0.2, -0.15) is 0 Å². The molecule has 3 aromatic rings. The van der Waals surface area contributed by atoms with Crippen molar-refractivity contribution in [2.75, 3.05) is 26.7 Å². The van der Waals surface area contributed by atoms with E-state index in [4.69, 9.17) is 9.15 Å². The number of hydrogen-bond acceptors (Lipinski definition) is 6. The summed E-state index contributed by atoms with van der Waals surface area (Å²) in [7, 11) is 1.58. The summed E-state index contributed by atoms with van der Waals surface area (Å²) >= 11 is 1.73. The minimum absolute atomic E-state index is 0.0469. The third-order valence-electron chi connectivity index (χ3n) is 6.04. The molecular weight excluding hydrogens is 412 g/mol. The van der Waals surface area contributed by atoms with Gasteiger partial charge in [-0.25, -0.2) is 4.79 Å². The summed E-state index contributed by atoms with van der Waals surface area (Å²) in [6, 6.07) is 9.85. The van der Waals surface area contributed by atoms with Crippen LogP contribution in [0.25, 0.3) is 11.0 Å². The van der Waals surface area contributed by atoms with Gasteiger partial charge in [-0.3, -0.25) is 9.69 Å². The molecule has 1 aliphatic rings. The maximum absolute atomic E-state index is 12.6. The van der Waals surface area contributed by atoms with Crippen molar-refractivity contribution in [2.24, 2.45) is 0 Å². The van der Waals surface area contributed by atoms with Crippen molar-refractivity contribution in [1.82, 2.24) is 10.2 Å². The number of thiophene rings is 1. The van der Waals surface area contributed by atoms with E-state index in [1.807, 2.05) is 19.1 Å². The molecule has 0 spiro atoms. The molecule has 164 valence electrons. The lowest BCUT2D eigenvalue weighted by Gasteiger charge is -2.27. The lowest BCUT2D eigenvalue weighted by molar-refractivity contribution is -0.121. The van der Waals surface area contributed by atoms with E-state index in [0.29, 0.717) is 29.9 Å². The largest absolute Gasteiger partial charge is 0.497 e. The summed E-state index contributed by atoms with van der Waals surface area (Å²) in [6.45, 7) is 4.63. The van der Waals surface area contributed by atoms with Crippen LogP contribution in [0.1, 0.15) is 41.3 Å². The normalized spacial score (nSPS) is 15.3. The summed E-state index contributed by atoms with van der Waals surface area (Å²) < 4.78 is 10.7. The molecule has 31 heavy (non-hydrogen) atoms. The molecule has 1 aromatic carbocycles. The zero-order chi connectivity index (χ0) is 21.8. The van der Waals surface area contributed by atoms with Gasteiger partial charge in [0, 0.05) is 34.9 Å². The standard InChI is InChI=1S/C24H28N2O4S/c1-16-18-8-7-17(29-2)14-21(18)30-24(28)19(16)9-10-23(27)25-15-20(22-6-5-13-31-22)26-11-3-4-12-26/h5-8,13-14,20H,3-4,9-12,15H2,1-2H3,(H,25,27)/t20-/m0/s1. The van der Waals surface area contributed by atoms with Crippen LogP contribution in [0.3, 0.4) is 0 Å². The molecule has 1 atom stereocenters. The molecule has 1 N–H and O–H groups in total. The van der Waals surface area contributed by atoms with E-state index in [1.54, 1.807) is 24.5 Å². The van der Waals surface area contributed by atoms with Gasteiger partial charge in [-0.15, -0.1) is 11.3 Å². The zero-order valence-electron chi connectivity index (χ0n) is 18.0. The summed E-state index contributed by atoms with van der Waals surface area (Å²) in [6.07, 6.45) is 3.03. The Morgan fingerprint density at radius 3 is 2.81 bits per heavy atom. The number of benzene rings is 1. The quantitative estimate of drug-likeness (QED) is 0.535. The van der Waals surface area contributed by atoms with Gasteiger partial charge in [-0.1, -0.05) is 6.07 Å². The molecule has 0 aliphatic carbocycles. The summed E-state index contributed by atoms with van der Waals surface area (Å²) in [5.41, 5.74) is 1.52. The van der Waals surface area contributed by atoms with Crippen molar-refractivity contribution in [3.8, 4) is 5.75 Å². The van der Waals surface area contributed by atoms with Crippen LogP contribution in [0, 0.1) is 6.92 Å². The molecule has 0 saturated carbocycles. The topological polar surface area (TPSA) is 71.8 Å². The second kappa shape index (κ2) is 9.66. The second-order valence-corrected chi connectivity index (χ2v) is 8.91. The number of methoxy groups -OCH3 is 1. The maximum atomic E-state index is 12.6. The molecule has 0 radical (unpaired) electrons. The third-order valence-corrected chi connectivity index (χ3v) is 7.02. The average Bonchev–Trinajstić information content (AvgIpc) is 3.48. The minimum atomic E-state index is -0.389. The van der Waals surface area contributed by atoms with Gasteiger partial charge in [0.1, 0.15) is 11.3 Å². The molecule has 1 aliphatic heterocycles. The number of amides is 1. The Hall–Kier alpha value is -2.64. The molecule has 1 fully saturated rings. The lowest BCUT2D eigenvalue weighted by atomic mass is 10.0. The number of nitrogens with zero attached hydrogens (tertiary/aromatic N) is 1. The first kappa shape index (κ1) is 21.6. The van der Waals surface area contributed by atoms with E-state index in [0.717, 1.165) is 24.0 Å². The molecule has 3 heterocycles. The Bertz CT molecular complexity index is 1100. The number of rotatable bonds is 8. The van der Waals surface area contributed by atoms with Gasteiger partial charge < -0.3 is 14.5 Å². The van der Waals surface area contributed by atoms with E-state index in [2.05, 4.69) is 27.7 Å². The van der Waals surface area contributed by atoms with E-state index >= 15 is 0 Å². The van der Waals surface area contributed by atoms with Crippen molar-refractivity contribution in [2.45, 2.75) is 38.6 Å². The number of fused-ring (bicyclic) bond motifs is 1. The van der Waals surface area contributed by atoms with Crippen molar-refractivity contribution in [3.05, 3.63) is 62.1 Å². The molecule has 1 saturated heterocycles. The van der Waals surface area contributed by atoms with E-state index in [9.17, 15) is 9.59 Å². The minimum Gasteiger partial charge on any atom is -0.497 e. The monoisotopic (exact) mass is 440 g/mol. The van der Waals surface area contributed by atoms with Gasteiger partial charge in [0.25, 0.3) is 0 Å². The van der Waals surface area contributed by atoms with Gasteiger partial charge in [0.15, 0.2) is 0 Å². The number of hydrogen-bond donors (Lipinski definition) is 1. The first-order chi connectivity index (χ1) is 15.1. The Morgan fingerprint density at radius 2 is 2.10 bits per heavy atom. The molecular formula is C24H28N2O4S. The first-order valence-corrected chi connectivity index (χ1v) is 11.6. The summed E-state index contributed by atoms with van der Waals surface area (Å²) in [5.74, 6) is 0.592. The van der Waals surface area contributed by atoms with Gasteiger partial charge in [-0.05, 0) is 68.4 Å². The molecule has 0 unspecified atom stereocenters. The van der Waals surface area contributed by atoms with Gasteiger partial charge in [0.2, 0.25) is 5.91 Å². The van der Waals surface area contributed by atoms with E-state index in [1.165, 1.54) is 17.7 Å². The predicted molar refractivity (Wildman–Crippen MR) is 123 cm³/mol. The van der Waals surface area contributed by atoms with Crippen LogP contribution >= 0.6 is 11.3 Å². The lowest BCUT2D eigenvalue weighted by Crippen LogP contribution is -2.36. The fourth-order valence-corrected chi connectivity index (χ4v) is 5.13. The highest BCUT2D eigenvalue weighted by atomic mass is 32.1. The zero-order valence-corrected chi connectivity index (χ0v) is 18.8. The van der Waals surface area contributed by atoms with E-state index in [-0.39, 0.29) is 24.0 Å². The van der Waals surface area contributed by atoms with Crippen LogP contribution in [-0.2, 0) is 11.2 Å². The van der Waals surface area contributed by atoms with Crippen molar-refractivity contribution >= 4 is 28.2 Å².